The number of allylic oxidation sites excluding steroid dienone is 1. The van der Waals surface area contributed by atoms with Crippen LogP contribution in [0, 0.1) is 6.92 Å². The van der Waals surface area contributed by atoms with E-state index in [4.69, 9.17) is 0 Å². The fourth-order valence-electron chi connectivity index (χ4n) is 0.862. The highest BCUT2D eigenvalue weighted by atomic mass is 79.9. The lowest BCUT2D eigenvalue weighted by atomic mass is 10.3. The lowest BCUT2D eigenvalue weighted by Gasteiger charge is -1.88. The summed E-state index contributed by atoms with van der Waals surface area (Å²) in [5.41, 5.74) is 1.34. The van der Waals surface area contributed by atoms with Crippen molar-refractivity contribution in [2.24, 2.45) is 0 Å². The molecule has 0 aliphatic rings. The Morgan fingerprint density at radius 3 is 2.55 bits per heavy atom. The summed E-state index contributed by atoms with van der Waals surface area (Å²) in [5, 5.41) is 0. The molecule has 0 fully saturated rings. The van der Waals surface area contributed by atoms with Crippen LogP contribution in [0.3, 0.4) is 0 Å². The molecule has 11 heavy (non-hydrogen) atoms. The predicted octanol–water partition coefficient (Wildman–Crippen LogP) is 4.24. The molecule has 0 nitrogen and oxygen atoms in total. The molecular formula is C9H11BrS. The van der Waals surface area contributed by atoms with Crippen molar-refractivity contribution in [1.29, 1.82) is 0 Å². The van der Waals surface area contributed by atoms with Crippen molar-refractivity contribution < 1.29 is 0 Å². The highest BCUT2D eigenvalue weighted by Gasteiger charge is 1.99. The van der Waals surface area contributed by atoms with E-state index < -0.39 is 0 Å². The summed E-state index contributed by atoms with van der Waals surface area (Å²) in [6.07, 6.45) is 2.20. The summed E-state index contributed by atoms with van der Waals surface area (Å²) in [7, 11) is 0. The molecular weight excluding hydrogens is 220 g/mol. The molecule has 0 spiro atoms. The fourth-order valence-corrected chi connectivity index (χ4v) is 2.69. The van der Waals surface area contributed by atoms with E-state index in [0.717, 1.165) is 0 Å². The van der Waals surface area contributed by atoms with Gasteiger partial charge >= 0.3 is 0 Å². The van der Waals surface area contributed by atoms with Gasteiger partial charge in [-0.25, -0.2) is 0 Å². The van der Waals surface area contributed by atoms with E-state index in [9.17, 15) is 0 Å². The Balaban J connectivity index is 3.04. The van der Waals surface area contributed by atoms with Crippen LogP contribution in [0.2, 0.25) is 0 Å². The van der Waals surface area contributed by atoms with Crippen molar-refractivity contribution in [1.82, 2.24) is 0 Å². The minimum Gasteiger partial charge on any atom is -0.140 e. The van der Waals surface area contributed by atoms with Gasteiger partial charge in [0.1, 0.15) is 0 Å². The van der Waals surface area contributed by atoms with Crippen molar-refractivity contribution >= 4 is 33.3 Å². The second-order valence-corrected chi connectivity index (χ2v) is 4.93. The number of hydrogen-bond acceptors (Lipinski definition) is 1. The van der Waals surface area contributed by atoms with Crippen molar-refractivity contribution in [2.75, 3.05) is 0 Å². The average Bonchev–Trinajstić information content (AvgIpc) is 2.09. The Kier molecular flexibility index (Phi) is 2.90. The summed E-state index contributed by atoms with van der Waals surface area (Å²) in [5.74, 6) is 0. The molecule has 1 aromatic rings. The first-order chi connectivity index (χ1) is 5.09. The standard InChI is InChI=1S/C9H11BrS/c1-6(2)4-9-8(10)5-7(3)11-9/h4-5H,1-3H3. The molecule has 0 saturated carbocycles. The van der Waals surface area contributed by atoms with Crippen LogP contribution in [0.25, 0.3) is 6.08 Å². The summed E-state index contributed by atoms with van der Waals surface area (Å²) in [6, 6.07) is 2.15. The van der Waals surface area contributed by atoms with Crippen LogP contribution in [0.1, 0.15) is 23.6 Å². The smallest absolute Gasteiger partial charge is 0.0414 e. The van der Waals surface area contributed by atoms with E-state index in [-0.39, 0.29) is 0 Å². The molecule has 0 bridgehead atoms. The van der Waals surface area contributed by atoms with Gasteiger partial charge in [0, 0.05) is 14.2 Å². The Bertz CT molecular complexity index is 280. The molecule has 60 valence electrons. The zero-order chi connectivity index (χ0) is 8.43. The zero-order valence-corrected chi connectivity index (χ0v) is 9.34. The molecule has 0 aromatic carbocycles. The molecule has 0 aliphatic heterocycles. The average molecular weight is 231 g/mol. The van der Waals surface area contributed by atoms with Crippen LogP contribution < -0.4 is 0 Å². The van der Waals surface area contributed by atoms with Gasteiger partial charge in [0.2, 0.25) is 0 Å². The topological polar surface area (TPSA) is 0 Å². The van der Waals surface area contributed by atoms with Crippen LogP contribution >= 0.6 is 27.3 Å². The SMILES string of the molecule is CC(C)=Cc1sc(C)cc1Br. The molecule has 1 rings (SSSR count). The lowest BCUT2D eigenvalue weighted by molar-refractivity contribution is 1.43. The number of halogens is 1. The monoisotopic (exact) mass is 230 g/mol. The van der Waals surface area contributed by atoms with E-state index in [1.165, 1.54) is 19.8 Å². The Morgan fingerprint density at radius 2 is 2.18 bits per heavy atom. The first-order valence-electron chi connectivity index (χ1n) is 3.50. The van der Waals surface area contributed by atoms with E-state index in [1.807, 2.05) is 11.3 Å². The van der Waals surface area contributed by atoms with Gasteiger partial charge in [-0.05, 0) is 48.8 Å². The van der Waals surface area contributed by atoms with Crippen LogP contribution in [0.15, 0.2) is 16.1 Å². The molecule has 0 atom stereocenters. The quantitative estimate of drug-likeness (QED) is 0.678. The third-order valence-corrected chi connectivity index (χ3v) is 3.17. The van der Waals surface area contributed by atoms with Crippen LogP contribution in [-0.2, 0) is 0 Å². The third-order valence-electron chi connectivity index (χ3n) is 1.26. The van der Waals surface area contributed by atoms with Gasteiger partial charge in [-0.3, -0.25) is 0 Å². The number of aryl methyl sites for hydroxylation is 1. The van der Waals surface area contributed by atoms with Crippen molar-refractivity contribution in [3.05, 3.63) is 25.9 Å². The van der Waals surface area contributed by atoms with Gasteiger partial charge in [0.25, 0.3) is 0 Å². The maximum Gasteiger partial charge on any atom is 0.0414 e. The van der Waals surface area contributed by atoms with Gasteiger partial charge in [-0.1, -0.05) is 5.57 Å². The molecule has 0 amide bonds. The van der Waals surface area contributed by atoms with Gasteiger partial charge in [-0.2, -0.15) is 0 Å². The molecule has 0 unspecified atom stereocenters. The lowest BCUT2D eigenvalue weighted by Crippen LogP contribution is -1.64. The first-order valence-corrected chi connectivity index (χ1v) is 5.11. The largest absolute Gasteiger partial charge is 0.140 e. The maximum absolute atomic E-state index is 3.51. The molecule has 1 aromatic heterocycles. The van der Waals surface area contributed by atoms with Crippen LogP contribution in [-0.4, -0.2) is 0 Å². The first kappa shape index (κ1) is 9.01. The number of thiophene rings is 1. The second-order valence-electron chi connectivity index (χ2n) is 2.79. The van der Waals surface area contributed by atoms with Gasteiger partial charge < -0.3 is 0 Å². The predicted molar refractivity (Wildman–Crippen MR) is 56.1 cm³/mol. The van der Waals surface area contributed by atoms with Crippen molar-refractivity contribution in [3.63, 3.8) is 0 Å². The van der Waals surface area contributed by atoms with Crippen LogP contribution in [0.4, 0.5) is 0 Å². The van der Waals surface area contributed by atoms with Crippen LogP contribution in [0.5, 0.6) is 0 Å². The zero-order valence-electron chi connectivity index (χ0n) is 6.94. The second kappa shape index (κ2) is 3.55. The summed E-state index contributed by atoms with van der Waals surface area (Å²) in [6.45, 7) is 6.35. The Morgan fingerprint density at radius 1 is 1.55 bits per heavy atom. The highest BCUT2D eigenvalue weighted by molar-refractivity contribution is 9.10. The Labute approximate surface area is 80.1 Å². The minimum atomic E-state index is 1.21. The van der Waals surface area contributed by atoms with Gasteiger partial charge in [0.05, 0.1) is 0 Å². The van der Waals surface area contributed by atoms with E-state index >= 15 is 0 Å². The maximum atomic E-state index is 3.51. The molecule has 2 heteroatoms. The summed E-state index contributed by atoms with van der Waals surface area (Å²) < 4.78 is 1.21. The molecule has 0 saturated heterocycles. The highest BCUT2D eigenvalue weighted by Crippen LogP contribution is 2.28. The minimum absolute atomic E-state index is 1.21. The summed E-state index contributed by atoms with van der Waals surface area (Å²) >= 11 is 5.33. The third kappa shape index (κ3) is 2.46. The molecule has 1 heterocycles. The van der Waals surface area contributed by atoms with Gasteiger partial charge in [-0.15, -0.1) is 11.3 Å². The van der Waals surface area contributed by atoms with E-state index in [1.54, 1.807) is 0 Å². The molecule has 0 aliphatic carbocycles. The van der Waals surface area contributed by atoms with Crippen molar-refractivity contribution in [2.45, 2.75) is 20.8 Å². The Hall–Kier alpha value is -0.0800. The van der Waals surface area contributed by atoms with Gasteiger partial charge in [0.15, 0.2) is 0 Å². The summed E-state index contributed by atoms with van der Waals surface area (Å²) in [4.78, 5) is 2.67. The molecule has 0 N–H and O–H groups in total. The van der Waals surface area contributed by atoms with E-state index in [2.05, 4.69) is 48.8 Å². The van der Waals surface area contributed by atoms with E-state index in [0.29, 0.717) is 0 Å². The number of hydrogen-bond donors (Lipinski definition) is 0. The fraction of sp³-hybridized carbons (Fsp3) is 0.333. The molecule has 0 radical (unpaired) electrons. The van der Waals surface area contributed by atoms with Crippen molar-refractivity contribution in [3.8, 4) is 0 Å². The normalized spacial score (nSPS) is 9.82. The number of rotatable bonds is 1.